The second-order valence-electron chi connectivity index (χ2n) is 8.04. The van der Waals surface area contributed by atoms with E-state index >= 15 is 0 Å². The van der Waals surface area contributed by atoms with E-state index in [0.717, 1.165) is 17.8 Å². The van der Waals surface area contributed by atoms with Crippen molar-refractivity contribution in [2.24, 2.45) is 0 Å². The van der Waals surface area contributed by atoms with Crippen LogP contribution in [0.2, 0.25) is 0 Å². The van der Waals surface area contributed by atoms with Crippen molar-refractivity contribution in [3.63, 3.8) is 0 Å². The fourth-order valence-electron chi connectivity index (χ4n) is 5.09. The lowest BCUT2D eigenvalue weighted by Crippen LogP contribution is -2.54. The number of rotatable bonds is 3. The summed E-state index contributed by atoms with van der Waals surface area (Å²) in [4.78, 5) is 2.39. The molecule has 0 fully saturated rings. The number of allylic oxidation sites excluding steroid dienone is 1. The lowest BCUT2D eigenvalue weighted by atomic mass is 9.39. The first-order valence-electron chi connectivity index (χ1n) is 10.7. The molecule has 0 N–H and O–H groups in total. The van der Waals surface area contributed by atoms with E-state index < -0.39 is 0 Å². The van der Waals surface area contributed by atoms with Crippen molar-refractivity contribution in [1.82, 2.24) is 0 Å². The van der Waals surface area contributed by atoms with E-state index in [1.54, 1.807) is 0 Å². The maximum Gasteiger partial charge on any atom is 0.293 e. The van der Waals surface area contributed by atoms with E-state index in [4.69, 9.17) is 4.42 Å². The molecule has 0 unspecified atom stereocenters. The van der Waals surface area contributed by atoms with Crippen molar-refractivity contribution in [2.45, 2.75) is 20.3 Å². The summed E-state index contributed by atoms with van der Waals surface area (Å²) in [5, 5.41) is 0. The molecular weight excluding hydrogens is 365 g/mol. The van der Waals surface area contributed by atoms with Gasteiger partial charge in [-0.05, 0) is 60.2 Å². The molecule has 0 atom stereocenters. The monoisotopic (exact) mass is 387 g/mol. The molecule has 6 rings (SSSR count). The molecule has 0 amide bonds. The Kier molecular flexibility index (Phi) is 3.79. The molecule has 1 aromatic heterocycles. The van der Waals surface area contributed by atoms with E-state index in [-0.39, 0.29) is 6.71 Å². The van der Waals surface area contributed by atoms with Gasteiger partial charge in [-0.25, -0.2) is 0 Å². The van der Waals surface area contributed by atoms with Crippen LogP contribution in [0.25, 0.3) is 17.2 Å². The number of anilines is 3. The summed E-state index contributed by atoms with van der Waals surface area (Å²) in [6.45, 7) is 4.49. The molecule has 3 heteroatoms. The zero-order valence-electron chi connectivity index (χ0n) is 17.2. The van der Waals surface area contributed by atoms with E-state index in [1.807, 2.05) is 0 Å². The van der Waals surface area contributed by atoms with Crippen LogP contribution in [0.3, 0.4) is 0 Å². The first kappa shape index (κ1) is 17.4. The number of hydrogen-bond acceptors (Lipinski definition) is 2. The smallest absolute Gasteiger partial charge is 0.293 e. The Balaban J connectivity index is 1.66. The number of nitrogens with zero attached hydrogens (tertiary/aromatic N) is 1. The second kappa shape index (κ2) is 6.53. The lowest BCUT2D eigenvalue weighted by Gasteiger charge is -2.35. The summed E-state index contributed by atoms with van der Waals surface area (Å²) in [5.41, 5.74) is 11.2. The molecule has 0 aliphatic carbocycles. The van der Waals surface area contributed by atoms with E-state index in [9.17, 15) is 0 Å². The highest BCUT2D eigenvalue weighted by atomic mass is 16.3. The maximum absolute atomic E-state index is 6.53. The van der Waals surface area contributed by atoms with Crippen LogP contribution in [0.4, 0.5) is 17.1 Å². The van der Waals surface area contributed by atoms with Gasteiger partial charge in [0.25, 0.3) is 6.71 Å². The molecule has 0 spiro atoms. The van der Waals surface area contributed by atoms with Crippen LogP contribution in [0.1, 0.15) is 24.7 Å². The Bertz CT molecular complexity index is 1300. The van der Waals surface area contributed by atoms with Gasteiger partial charge in [0.2, 0.25) is 0 Å². The quantitative estimate of drug-likeness (QED) is 0.384. The van der Waals surface area contributed by atoms with Crippen LogP contribution >= 0.6 is 0 Å². The van der Waals surface area contributed by atoms with Gasteiger partial charge in [-0.15, -0.1) is 0 Å². The zero-order valence-corrected chi connectivity index (χ0v) is 17.2. The van der Waals surface area contributed by atoms with Crippen LogP contribution in [0, 0.1) is 6.92 Å². The zero-order chi connectivity index (χ0) is 20.2. The minimum atomic E-state index is 0.143. The first-order valence-corrected chi connectivity index (χ1v) is 10.7. The standard InChI is InChI=1S/C27H22BNO/c1-3-4-17-24-18(2)25-20-13-10-16-23-26(20)28(27(25)30-24)21-14-8-9-15-22(21)29(23)19-11-6-5-7-12-19/h4-17H,3H2,1-2H3/b17-4-. The molecule has 2 aliphatic rings. The number of para-hydroxylation sites is 2. The molecule has 144 valence electrons. The van der Waals surface area contributed by atoms with Gasteiger partial charge < -0.3 is 9.32 Å². The van der Waals surface area contributed by atoms with Gasteiger partial charge in [-0.1, -0.05) is 61.5 Å². The molecule has 2 nitrogen and oxygen atoms in total. The van der Waals surface area contributed by atoms with Gasteiger partial charge in [-0.3, -0.25) is 0 Å². The van der Waals surface area contributed by atoms with Gasteiger partial charge in [-0.2, -0.15) is 0 Å². The third kappa shape index (κ3) is 2.26. The predicted molar refractivity (Wildman–Crippen MR) is 128 cm³/mol. The Morgan fingerprint density at radius 2 is 1.67 bits per heavy atom. The third-order valence-corrected chi connectivity index (χ3v) is 6.36. The molecule has 0 saturated heterocycles. The Morgan fingerprint density at radius 3 is 2.50 bits per heavy atom. The van der Waals surface area contributed by atoms with Crippen molar-refractivity contribution < 1.29 is 4.42 Å². The molecule has 2 aliphatic heterocycles. The molecule has 3 aromatic carbocycles. The van der Waals surface area contributed by atoms with E-state index in [2.05, 4.69) is 104 Å². The van der Waals surface area contributed by atoms with Crippen molar-refractivity contribution in [3.05, 3.63) is 90.2 Å². The van der Waals surface area contributed by atoms with Crippen molar-refractivity contribution in [3.8, 4) is 11.1 Å². The maximum atomic E-state index is 6.53. The van der Waals surface area contributed by atoms with Gasteiger partial charge in [0, 0.05) is 28.2 Å². The molecule has 3 heterocycles. The summed E-state index contributed by atoms with van der Waals surface area (Å²) in [6, 6.07) is 26.1. The second-order valence-corrected chi connectivity index (χ2v) is 8.04. The van der Waals surface area contributed by atoms with Crippen LogP contribution < -0.4 is 21.5 Å². The molecule has 0 bridgehead atoms. The fourth-order valence-corrected chi connectivity index (χ4v) is 5.09. The topological polar surface area (TPSA) is 16.4 Å². The minimum Gasteiger partial charge on any atom is -0.470 e. The number of hydrogen-bond donors (Lipinski definition) is 0. The van der Waals surface area contributed by atoms with Crippen molar-refractivity contribution >= 4 is 46.4 Å². The average molecular weight is 387 g/mol. The molecular formula is C27H22BNO. The van der Waals surface area contributed by atoms with E-state index in [1.165, 1.54) is 44.7 Å². The first-order chi connectivity index (χ1) is 14.8. The highest BCUT2D eigenvalue weighted by Gasteiger charge is 2.45. The number of furan rings is 1. The highest BCUT2D eigenvalue weighted by molar-refractivity contribution is 7.00. The summed E-state index contributed by atoms with van der Waals surface area (Å²) in [7, 11) is 0. The van der Waals surface area contributed by atoms with Gasteiger partial charge in [0.15, 0.2) is 0 Å². The van der Waals surface area contributed by atoms with Crippen LogP contribution in [-0.4, -0.2) is 6.71 Å². The fraction of sp³-hybridized carbons (Fsp3) is 0.111. The van der Waals surface area contributed by atoms with Gasteiger partial charge in [0.05, 0.1) is 5.66 Å². The summed E-state index contributed by atoms with van der Waals surface area (Å²) in [6.07, 6.45) is 5.30. The van der Waals surface area contributed by atoms with Crippen LogP contribution in [0.15, 0.2) is 83.3 Å². The molecule has 0 saturated carbocycles. The van der Waals surface area contributed by atoms with Crippen LogP contribution in [-0.2, 0) is 0 Å². The molecule has 4 aromatic rings. The predicted octanol–water partition coefficient (Wildman–Crippen LogP) is 5.29. The van der Waals surface area contributed by atoms with Crippen LogP contribution in [0.5, 0.6) is 0 Å². The Hall–Kier alpha value is -3.46. The SMILES string of the molecule is CC/C=C\c1oc2c(c1C)-c1cccc3c1B2c1ccccc1N3c1ccccc1. The average Bonchev–Trinajstić information content (AvgIpc) is 3.29. The number of benzene rings is 3. The number of fused-ring (bicyclic) bond motifs is 5. The Morgan fingerprint density at radius 1 is 0.900 bits per heavy atom. The highest BCUT2D eigenvalue weighted by Crippen LogP contribution is 2.41. The van der Waals surface area contributed by atoms with Crippen molar-refractivity contribution in [2.75, 3.05) is 4.90 Å². The van der Waals surface area contributed by atoms with Gasteiger partial charge in [0.1, 0.15) is 5.76 Å². The third-order valence-electron chi connectivity index (χ3n) is 6.36. The lowest BCUT2D eigenvalue weighted by molar-refractivity contribution is 0.587. The Labute approximate surface area is 177 Å². The molecule has 30 heavy (non-hydrogen) atoms. The van der Waals surface area contributed by atoms with E-state index in [0.29, 0.717) is 0 Å². The largest absolute Gasteiger partial charge is 0.470 e. The summed E-state index contributed by atoms with van der Waals surface area (Å²) < 4.78 is 6.53. The normalized spacial score (nSPS) is 13.5. The van der Waals surface area contributed by atoms with Crippen molar-refractivity contribution in [1.29, 1.82) is 0 Å². The molecule has 0 radical (unpaired) electrons. The summed E-state index contributed by atoms with van der Waals surface area (Å²) in [5.74, 6) is 0.987. The minimum absolute atomic E-state index is 0.143. The summed E-state index contributed by atoms with van der Waals surface area (Å²) >= 11 is 0. The van der Waals surface area contributed by atoms with Gasteiger partial charge >= 0.3 is 0 Å².